The van der Waals surface area contributed by atoms with E-state index in [9.17, 15) is 9.59 Å². The Morgan fingerprint density at radius 1 is 1.10 bits per heavy atom. The van der Waals surface area contributed by atoms with Gasteiger partial charge in [0.2, 0.25) is 0 Å². The molecule has 1 aromatic heterocycles. The number of aryl methyl sites for hydroxylation is 2. The van der Waals surface area contributed by atoms with Crippen LogP contribution in [0.25, 0.3) is 10.2 Å². The minimum atomic E-state index is -0.351. The number of methoxy groups -OCH3 is 1. The Balaban J connectivity index is 1.97. The molecule has 0 spiro atoms. The second-order valence-corrected chi connectivity index (χ2v) is 7.93. The summed E-state index contributed by atoms with van der Waals surface area (Å²) in [5.41, 5.74) is 3.90. The van der Waals surface area contributed by atoms with Crippen LogP contribution < -0.4 is 9.54 Å². The number of nitrogens with zero attached hydrogens (tertiary/aromatic N) is 2. The van der Waals surface area contributed by atoms with E-state index in [1.807, 2.05) is 37.3 Å². The Hall–Kier alpha value is -2.93. The normalized spacial score (nSPS) is 11.7. The summed E-state index contributed by atoms with van der Waals surface area (Å²) in [6.07, 6.45) is 1.09. The van der Waals surface area contributed by atoms with Crippen LogP contribution in [0.2, 0.25) is 0 Å². The largest absolute Gasteiger partial charge is 0.496 e. The van der Waals surface area contributed by atoms with Crippen molar-refractivity contribution in [1.82, 2.24) is 4.57 Å². The van der Waals surface area contributed by atoms with Crippen molar-refractivity contribution in [2.45, 2.75) is 40.2 Å². The van der Waals surface area contributed by atoms with Gasteiger partial charge in [-0.1, -0.05) is 36.5 Å². The summed E-state index contributed by atoms with van der Waals surface area (Å²) in [6.45, 7) is 6.13. The van der Waals surface area contributed by atoms with Crippen LogP contribution in [0.5, 0.6) is 5.75 Å². The molecule has 0 radical (unpaired) electrons. The van der Waals surface area contributed by atoms with Gasteiger partial charge in [0.1, 0.15) is 12.3 Å². The molecule has 0 unspecified atom stereocenters. The molecule has 7 heteroatoms. The number of fused-ring (bicyclic) bond motifs is 1. The first-order chi connectivity index (χ1) is 14.4. The molecule has 0 aliphatic heterocycles. The van der Waals surface area contributed by atoms with Crippen molar-refractivity contribution >= 4 is 33.4 Å². The van der Waals surface area contributed by atoms with Crippen LogP contribution in [0.1, 0.15) is 30.5 Å². The fourth-order valence-corrected chi connectivity index (χ4v) is 4.39. The van der Waals surface area contributed by atoms with Crippen molar-refractivity contribution in [2.75, 3.05) is 13.7 Å². The molecule has 0 saturated heterocycles. The van der Waals surface area contributed by atoms with Crippen LogP contribution >= 0.6 is 11.3 Å². The Bertz CT molecular complexity index is 1140. The minimum Gasteiger partial charge on any atom is -0.496 e. The summed E-state index contributed by atoms with van der Waals surface area (Å²) in [5.74, 6) is 0.169. The molecule has 0 aliphatic rings. The monoisotopic (exact) mass is 426 g/mol. The van der Waals surface area contributed by atoms with E-state index >= 15 is 0 Å². The second-order valence-electron chi connectivity index (χ2n) is 6.92. The van der Waals surface area contributed by atoms with E-state index in [4.69, 9.17) is 9.47 Å². The SMILES string of the molecule is CCOC(=O)Cn1c(=NC(=O)Cc2ccc(OC)c(C)c2)sc2cc(CC)ccc21. The van der Waals surface area contributed by atoms with Gasteiger partial charge in [-0.3, -0.25) is 9.59 Å². The van der Waals surface area contributed by atoms with Gasteiger partial charge in [-0.05, 0) is 55.2 Å². The highest BCUT2D eigenvalue weighted by atomic mass is 32.1. The summed E-state index contributed by atoms with van der Waals surface area (Å²) in [7, 11) is 1.62. The molecule has 0 aliphatic carbocycles. The van der Waals surface area contributed by atoms with Gasteiger partial charge in [-0.15, -0.1) is 0 Å². The first-order valence-electron chi connectivity index (χ1n) is 9.94. The molecule has 0 fully saturated rings. The topological polar surface area (TPSA) is 69.9 Å². The Kier molecular flexibility index (Phi) is 7.05. The molecular formula is C23H26N2O4S. The predicted molar refractivity (Wildman–Crippen MR) is 118 cm³/mol. The van der Waals surface area contributed by atoms with Crippen LogP contribution in [-0.4, -0.2) is 30.2 Å². The number of ether oxygens (including phenoxy) is 2. The van der Waals surface area contributed by atoms with Crippen molar-refractivity contribution in [2.24, 2.45) is 4.99 Å². The van der Waals surface area contributed by atoms with Gasteiger partial charge in [0.25, 0.3) is 5.91 Å². The third-order valence-corrected chi connectivity index (χ3v) is 5.82. The molecule has 3 aromatic rings. The molecule has 6 nitrogen and oxygen atoms in total. The number of hydrogen-bond acceptors (Lipinski definition) is 5. The summed E-state index contributed by atoms with van der Waals surface area (Å²) < 4.78 is 13.1. The van der Waals surface area contributed by atoms with E-state index in [1.165, 1.54) is 16.9 Å². The quantitative estimate of drug-likeness (QED) is 0.539. The van der Waals surface area contributed by atoms with Crippen LogP contribution in [-0.2, 0) is 33.7 Å². The average molecular weight is 427 g/mol. The second kappa shape index (κ2) is 9.71. The maximum Gasteiger partial charge on any atom is 0.326 e. The number of thiazole rings is 1. The van der Waals surface area contributed by atoms with Crippen molar-refractivity contribution in [3.05, 3.63) is 57.9 Å². The Morgan fingerprint density at radius 2 is 1.87 bits per heavy atom. The van der Waals surface area contributed by atoms with E-state index in [0.29, 0.717) is 11.4 Å². The van der Waals surface area contributed by atoms with Crippen LogP contribution in [0.15, 0.2) is 41.4 Å². The maximum atomic E-state index is 12.7. The zero-order valence-electron chi connectivity index (χ0n) is 17.7. The number of esters is 1. The summed E-state index contributed by atoms with van der Waals surface area (Å²) in [5, 5.41) is 0. The number of benzene rings is 2. The molecule has 1 heterocycles. The maximum absolute atomic E-state index is 12.7. The van der Waals surface area contributed by atoms with Crippen molar-refractivity contribution < 1.29 is 19.1 Å². The predicted octanol–water partition coefficient (Wildman–Crippen LogP) is 3.82. The van der Waals surface area contributed by atoms with Crippen molar-refractivity contribution in [3.63, 3.8) is 0 Å². The van der Waals surface area contributed by atoms with Gasteiger partial charge in [0.15, 0.2) is 4.80 Å². The lowest BCUT2D eigenvalue weighted by Crippen LogP contribution is -2.23. The van der Waals surface area contributed by atoms with Crippen molar-refractivity contribution in [1.29, 1.82) is 0 Å². The molecule has 0 atom stereocenters. The standard InChI is InChI=1S/C23H26N2O4S/c1-5-16-7-9-18-20(12-16)30-23(25(18)14-22(27)29-6-2)24-21(26)13-17-8-10-19(28-4)15(3)11-17/h7-12H,5-6,13-14H2,1-4H3. The Morgan fingerprint density at radius 3 is 2.53 bits per heavy atom. The zero-order chi connectivity index (χ0) is 21.7. The summed E-state index contributed by atoms with van der Waals surface area (Å²) in [6, 6.07) is 11.7. The Labute approximate surface area is 179 Å². The van der Waals surface area contributed by atoms with E-state index in [1.54, 1.807) is 18.6 Å². The van der Waals surface area contributed by atoms with Gasteiger partial charge < -0.3 is 14.0 Å². The van der Waals surface area contributed by atoms with Gasteiger partial charge in [-0.2, -0.15) is 4.99 Å². The number of carbonyl (C=O) groups is 2. The fourth-order valence-electron chi connectivity index (χ4n) is 3.28. The minimum absolute atomic E-state index is 0.0209. The molecule has 30 heavy (non-hydrogen) atoms. The van der Waals surface area contributed by atoms with E-state index < -0.39 is 0 Å². The number of amides is 1. The molecule has 0 bridgehead atoms. The molecule has 2 aromatic carbocycles. The van der Waals surface area contributed by atoms with Crippen LogP contribution in [0.4, 0.5) is 0 Å². The highest BCUT2D eigenvalue weighted by Crippen LogP contribution is 2.21. The van der Waals surface area contributed by atoms with Gasteiger partial charge in [-0.25, -0.2) is 0 Å². The average Bonchev–Trinajstić information content (AvgIpc) is 3.04. The van der Waals surface area contributed by atoms with Crippen LogP contribution in [0.3, 0.4) is 0 Å². The molecule has 3 rings (SSSR count). The van der Waals surface area contributed by atoms with Crippen molar-refractivity contribution in [3.8, 4) is 5.75 Å². The molecular weight excluding hydrogens is 400 g/mol. The van der Waals surface area contributed by atoms with Crippen LogP contribution in [0, 0.1) is 6.92 Å². The highest BCUT2D eigenvalue weighted by molar-refractivity contribution is 7.16. The smallest absolute Gasteiger partial charge is 0.326 e. The lowest BCUT2D eigenvalue weighted by molar-refractivity contribution is -0.143. The highest BCUT2D eigenvalue weighted by Gasteiger charge is 2.13. The number of aromatic nitrogens is 1. The summed E-state index contributed by atoms with van der Waals surface area (Å²) >= 11 is 1.41. The first-order valence-corrected chi connectivity index (χ1v) is 10.8. The zero-order valence-corrected chi connectivity index (χ0v) is 18.5. The van der Waals surface area contributed by atoms with E-state index in [-0.39, 0.29) is 24.8 Å². The van der Waals surface area contributed by atoms with Gasteiger partial charge in [0, 0.05) is 0 Å². The number of hydrogen-bond donors (Lipinski definition) is 0. The summed E-state index contributed by atoms with van der Waals surface area (Å²) in [4.78, 5) is 29.7. The third-order valence-electron chi connectivity index (χ3n) is 4.78. The number of carbonyl (C=O) groups excluding carboxylic acids is 2. The first kappa shape index (κ1) is 21.8. The van der Waals surface area contributed by atoms with E-state index in [0.717, 1.165) is 33.5 Å². The molecule has 0 saturated carbocycles. The van der Waals surface area contributed by atoms with E-state index in [2.05, 4.69) is 18.0 Å². The lowest BCUT2D eigenvalue weighted by Gasteiger charge is -2.06. The lowest BCUT2D eigenvalue weighted by atomic mass is 10.1. The fraction of sp³-hybridized carbons (Fsp3) is 0.348. The molecule has 1 amide bonds. The van der Waals surface area contributed by atoms with Gasteiger partial charge in [0.05, 0.1) is 30.4 Å². The molecule has 0 N–H and O–H groups in total. The number of rotatable bonds is 7. The molecule has 158 valence electrons. The van der Waals surface area contributed by atoms with Gasteiger partial charge >= 0.3 is 5.97 Å². The third kappa shape index (κ3) is 4.97.